The summed E-state index contributed by atoms with van der Waals surface area (Å²) >= 11 is 0. The third-order valence-corrected chi connectivity index (χ3v) is 1.79. The van der Waals surface area contributed by atoms with Gasteiger partial charge < -0.3 is 5.32 Å². The molecule has 0 unspecified atom stereocenters. The number of carbonyl (C=O) groups excluding carboxylic acids is 1. The minimum Gasteiger partial charge on any atom is -0.395 e. The molecule has 0 bridgehead atoms. The van der Waals surface area contributed by atoms with Crippen molar-refractivity contribution in [3.8, 4) is 0 Å². The molecule has 0 atom stereocenters. The molecule has 1 saturated carbocycles. The molecule has 0 radical (unpaired) electrons. The summed E-state index contributed by atoms with van der Waals surface area (Å²) in [6.07, 6.45) is 2.35. The maximum absolute atomic E-state index is 11.0. The third kappa shape index (κ3) is 1.48. The first-order chi connectivity index (χ1) is 4.79. The molecule has 2 N–H and O–H groups in total. The Hall–Kier alpha value is -0.570. The molecule has 10 heavy (non-hydrogen) atoms. The predicted octanol–water partition coefficient (Wildman–Crippen LogP) is -0.0543. The zero-order valence-corrected chi connectivity index (χ0v) is 6.34. The van der Waals surface area contributed by atoms with Gasteiger partial charge in [0.1, 0.15) is 0 Å². The minimum absolute atomic E-state index is 0.0741. The van der Waals surface area contributed by atoms with Gasteiger partial charge in [-0.3, -0.25) is 4.90 Å². The van der Waals surface area contributed by atoms with Gasteiger partial charge in [0.2, 0.25) is 0 Å². The van der Waals surface area contributed by atoms with E-state index in [4.69, 9.17) is 0 Å². The Kier molecular flexibility index (Phi) is 2.27. The Labute approximate surface area is 61.4 Å². The zero-order valence-electron chi connectivity index (χ0n) is 6.34. The van der Waals surface area contributed by atoms with Gasteiger partial charge in [0.25, 0.3) is 0 Å². The van der Waals surface area contributed by atoms with E-state index in [1.54, 1.807) is 0 Å². The van der Waals surface area contributed by atoms with E-state index in [9.17, 15) is 4.79 Å². The lowest BCUT2D eigenvalue weighted by Gasteiger charge is -2.17. The van der Waals surface area contributed by atoms with E-state index >= 15 is 0 Å². The van der Waals surface area contributed by atoms with Crippen molar-refractivity contribution >= 4 is 6.03 Å². The van der Waals surface area contributed by atoms with E-state index in [0.717, 1.165) is 6.54 Å². The second kappa shape index (κ2) is 3.01. The SMILES string of the molecule is [CH2-][NH2+]C(=O)N(CC)C1CC1. The van der Waals surface area contributed by atoms with Crippen LogP contribution in [-0.4, -0.2) is 23.5 Å². The molecule has 0 spiro atoms. The number of hydrogen-bond acceptors (Lipinski definition) is 1. The number of quaternary nitrogens is 1. The fraction of sp³-hybridized carbons (Fsp3) is 0.714. The van der Waals surface area contributed by atoms with E-state index in [-0.39, 0.29) is 6.03 Å². The highest BCUT2D eigenvalue weighted by Crippen LogP contribution is 2.25. The van der Waals surface area contributed by atoms with Crippen LogP contribution in [0, 0.1) is 7.05 Å². The summed E-state index contributed by atoms with van der Waals surface area (Å²) in [6, 6.07) is 0.598. The largest absolute Gasteiger partial charge is 0.395 e. The van der Waals surface area contributed by atoms with Gasteiger partial charge in [-0.2, -0.15) is 0 Å². The van der Waals surface area contributed by atoms with Crippen molar-refractivity contribution in [1.82, 2.24) is 4.90 Å². The Morgan fingerprint density at radius 1 is 1.80 bits per heavy atom. The van der Waals surface area contributed by atoms with Gasteiger partial charge in [-0.15, -0.1) is 7.05 Å². The summed E-state index contributed by atoms with van der Waals surface area (Å²) in [6.45, 7) is 2.81. The van der Waals surface area contributed by atoms with Gasteiger partial charge in [-0.05, 0) is 19.8 Å². The highest BCUT2D eigenvalue weighted by atomic mass is 16.2. The molecular weight excluding hydrogens is 128 g/mol. The van der Waals surface area contributed by atoms with Gasteiger partial charge in [0.05, 0.1) is 0 Å². The number of amides is 2. The number of rotatable bonds is 2. The summed E-state index contributed by atoms with van der Waals surface area (Å²) in [5.74, 6) is 0. The standard InChI is InChI=1S/C7H14N2O/c1-3-9(6-4-5-6)7(10)8-2/h6H,2-5,8H2,1H3. The van der Waals surface area contributed by atoms with E-state index in [2.05, 4.69) is 7.05 Å². The first-order valence-electron chi connectivity index (χ1n) is 3.72. The van der Waals surface area contributed by atoms with Gasteiger partial charge in [0, 0.05) is 12.6 Å². The molecule has 1 aliphatic rings. The molecule has 0 aromatic carbocycles. The van der Waals surface area contributed by atoms with E-state index in [0.29, 0.717) is 6.04 Å². The number of urea groups is 1. The van der Waals surface area contributed by atoms with Crippen molar-refractivity contribution in [3.63, 3.8) is 0 Å². The molecular formula is C7H14N2O. The smallest absolute Gasteiger partial charge is 0.389 e. The molecule has 0 aliphatic heterocycles. The Balaban J connectivity index is 2.38. The van der Waals surface area contributed by atoms with E-state index in [1.807, 2.05) is 11.8 Å². The van der Waals surface area contributed by atoms with Crippen molar-refractivity contribution in [2.45, 2.75) is 25.8 Å². The average molecular weight is 142 g/mol. The van der Waals surface area contributed by atoms with Crippen molar-refractivity contribution in [1.29, 1.82) is 0 Å². The summed E-state index contributed by atoms with van der Waals surface area (Å²) < 4.78 is 0. The Morgan fingerprint density at radius 2 is 2.40 bits per heavy atom. The van der Waals surface area contributed by atoms with Crippen LogP contribution in [0.2, 0.25) is 0 Å². The summed E-state index contributed by atoms with van der Waals surface area (Å²) in [5.41, 5.74) is 0. The van der Waals surface area contributed by atoms with Crippen molar-refractivity contribution in [3.05, 3.63) is 7.05 Å². The lowest BCUT2D eigenvalue weighted by Crippen LogP contribution is -2.85. The van der Waals surface area contributed by atoms with Crippen LogP contribution in [-0.2, 0) is 0 Å². The molecule has 0 aromatic rings. The first-order valence-corrected chi connectivity index (χ1v) is 3.72. The monoisotopic (exact) mass is 142 g/mol. The maximum Gasteiger partial charge on any atom is 0.389 e. The molecule has 2 amide bonds. The minimum atomic E-state index is 0.0741. The number of primary amides is 1. The second-order valence-corrected chi connectivity index (χ2v) is 2.56. The number of hydrogen-bond donors (Lipinski definition) is 1. The van der Waals surface area contributed by atoms with Crippen LogP contribution in [0.3, 0.4) is 0 Å². The van der Waals surface area contributed by atoms with Crippen LogP contribution in [0.25, 0.3) is 0 Å². The zero-order chi connectivity index (χ0) is 7.56. The summed E-state index contributed by atoms with van der Waals surface area (Å²) in [4.78, 5) is 12.9. The van der Waals surface area contributed by atoms with Crippen molar-refractivity contribution in [2.75, 3.05) is 6.54 Å². The molecule has 1 fully saturated rings. The van der Waals surface area contributed by atoms with Crippen LogP contribution in [0.5, 0.6) is 0 Å². The van der Waals surface area contributed by atoms with Crippen molar-refractivity contribution < 1.29 is 10.1 Å². The maximum atomic E-state index is 11.0. The van der Waals surface area contributed by atoms with Gasteiger partial charge in [-0.1, -0.05) is 0 Å². The number of nitrogens with zero attached hydrogens (tertiary/aromatic N) is 1. The van der Waals surface area contributed by atoms with Gasteiger partial charge in [-0.25, -0.2) is 4.79 Å². The molecule has 3 nitrogen and oxygen atoms in total. The second-order valence-electron chi connectivity index (χ2n) is 2.56. The molecule has 58 valence electrons. The lowest BCUT2D eigenvalue weighted by molar-refractivity contribution is -0.498. The molecule has 1 rings (SSSR count). The number of nitrogens with two attached hydrogens (primary N) is 1. The van der Waals surface area contributed by atoms with E-state index < -0.39 is 0 Å². The Bertz CT molecular complexity index is 132. The molecule has 3 heteroatoms. The molecule has 0 heterocycles. The van der Waals surface area contributed by atoms with Crippen molar-refractivity contribution in [2.24, 2.45) is 0 Å². The first kappa shape index (κ1) is 7.54. The quantitative estimate of drug-likeness (QED) is 0.539. The molecule has 1 aliphatic carbocycles. The molecule has 0 saturated heterocycles. The summed E-state index contributed by atoms with van der Waals surface area (Å²) in [7, 11) is 3.45. The van der Waals surface area contributed by atoms with E-state index in [1.165, 1.54) is 18.2 Å². The highest BCUT2D eigenvalue weighted by molar-refractivity contribution is 5.64. The van der Waals surface area contributed by atoms with Crippen LogP contribution in [0.15, 0.2) is 0 Å². The fourth-order valence-corrected chi connectivity index (χ4v) is 1.10. The number of carbonyl (C=O) groups is 1. The molecule has 0 aromatic heterocycles. The van der Waals surface area contributed by atoms with Crippen LogP contribution in [0.1, 0.15) is 19.8 Å². The van der Waals surface area contributed by atoms with Crippen LogP contribution < -0.4 is 5.32 Å². The van der Waals surface area contributed by atoms with Gasteiger partial charge >= 0.3 is 6.03 Å². The third-order valence-electron chi connectivity index (χ3n) is 1.79. The average Bonchev–Trinajstić information content (AvgIpc) is 2.73. The summed E-state index contributed by atoms with van der Waals surface area (Å²) in [5, 5.41) is 1.39. The van der Waals surface area contributed by atoms with Crippen LogP contribution in [0.4, 0.5) is 4.79 Å². The van der Waals surface area contributed by atoms with Gasteiger partial charge in [0.15, 0.2) is 0 Å². The highest BCUT2D eigenvalue weighted by Gasteiger charge is 2.31. The predicted molar refractivity (Wildman–Crippen MR) is 38.1 cm³/mol. The topological polar surface area (TPSA) is 36.9 Å². The van der Waals surface area contributed by atoms with Crippen LogP contribution >= 0.6 is 0 Å². The fourth-order valence-electron chi connectivity index (χ4n) is 1.10. The lowest BCUT2D eigenvalue weighted by atomic mass is 10.5. The normalized spacial score (nSPS) is 17.0. The Morgan fingerprint density at radius 3 is 2.70 bits per heavy atom.